The Labute approximate surface area is 167 Å². The van der Waals surface area contributed by atoms with Gasteiger partial charge in [0.1, 0.15) is 18.2 Å². The number of nitrogens with one attached hydrogen (secondary N) is 2. The minimum absolute atomic E-state index is 0.0812. The summed E-state index contributed by atoms with van der Waals surface area (Å²) in [5.41, 5.74) is 2.16. The molecule has 0 radical (unpaired) electrons. The minimum atomic E-state index is -0.562. The lowest BCUT2D eigenvalue weighted by Crippen LogP contribution is -2.45. The summed E-state index contributed by atoms with van der Waals surface area (Å²) in [6, 6.07) is 12.3. The van der Waals surface area contributed by atoms with Gasteiger partial charge in [0.25, 0.3) is 0 Å². The molecule has 0 bridgehead atoms. The van der Waals surface area contributed by atoms with Crippen LogP contribution in [0.25, 0.3) is 5.70 Å². The lowest BCUT2D eigenvalue weighted by molar-refractivity contribution is -0.136. The fraction of sp³-hybridized carbons (Fsp3) is 0.200. The van der Waals surface area contributed by atoms with Crippen LogP contribution in [-0.2, 0) is 9.53 Å². The van der Waals surface area contributed by atoms with Crippen LogP contribution in [0.5, 0.6) is 5.75 Å². The van der Waals surface area contributed by atoms with Gasteiger partial charge in [0, 0.05) is 0 Å². The lowest BCUT2D eigenvalue weighted by Gasteiger charge is -2.31. The molecule has 1 aliphatic heterocycles. The molecule has 1 atom stereocenters. The van der Waals surface area contributed by atoms with Crippen molar-refractivity contribution in [2.75, 3.05) is 20.3 Å². The van der Waals surface area contributed by atoms with Crippen molar-refractivity contribution >= 4 is 29.0 Å². The van der Waals surface area contributed by atoms with E-state index in [4.69, 9.17) is 26.8 Å². The third kappa shape index (κ3) is 4.29. The number of rotatable bonds is 6. The molecular weight excluding hydrogens is 383 g/mol. The topological polar surface area (TPSA) is 79.8 Å². The van der Waals surface area contributed by atoms with Crippen LogP contribution in [-0.4, -0.2) is 36.5 Å². The number of carbonyl (C=O) groups excluding carboxylic acids is 1. The van der Waals surface area contributed by atoms with E-state index in [-0.39, 0.29) is 19.0 Å². The normalized spacial score (nSPS) is 16.2. The van der Waals surface area contributed by atoms with Gasteiger partial charge in [-0.2, -0.15) is 0 Å². The summed E-state index contributed by atoms with van der Waals surface area (Å²) in [4.78, 5) is 12.6. The molecule has 0 saturated carbocycles. The van der Waals surface area contributed by atoms with E-state index in [0.717, 1.165) is 5.56 Å². The summed E-state index contributed by atoms with van der Waals surface area (Å²) in [7, 11) is 1.30. The van der Waals surface area contributed by atoms with Gasteiger partial charge in [0.05, 0.1) is 31.0 Å². The first-order valence-corrected chi connectivity index (χ1v) is 8.94. The van der Waals surface area contributed by atoms with Gasteiger partial charge in [-0.25, -0.2) is 9.18 Å². The fourth-order valence-electron chi connectivity index (χ4n) is 2.91. The molecule has 0 spiro atoms. The second-order valence-electron chi connectivity index (χ2n) is 5.96. The summed E-state index contributed by atoms with van der Waals surface area (Å²) < 4.78 is 23.7. The Kier molecular flexibility index (Phi) is 6.23. The Morgan fingerprint density at radius 2 is 1.86 bits per heavy atom. The summed E-state index contributed by atoms with van der Waals surface area (Å²) in [5.74, 6) is -0.320. The van der Waals surface area contributed by atoms with E-state index in [1.165, 1.54) is 19.2 Å². The van der Waals surface area contributed by atoms with Crippen LogP contribution in [0, 0.1) is 5.82 Å². The van der Waals surface area contributed by atoms with Gasteiger partial charge in [0.15, 0.2) is 5.11 Å². The highest BCUT2D eigenvalue weighted by atomic mass is 32.1. The van der Waals surface area contributed by atoms with E-state index in [2.05, 4.69) is 10.6 Å². The highest BCUT2D eigenvalue weighted by molar-refractivity contribution is 7.80. The van der Waals surface area contributed by atoms with Crippen molar-refractivity contribution in [2.24, 2.45) is 0 Å². The fourth-order valence-corrected chi connectivity index (χ4v) is 3.13. The van der Waals surface area contributed by atoms with Crippen LogP contribution in [0.4, 0.5) is 4.39 Å². The first kappa shape index (κ1) is 19.8. The molecule has 0 fully saturated rings. The number of methoxy groups -OCH3 is 1. The molecule has 1 heterocycles. The summed E-state index contributed by atoms with van der Waals surface area (Å²) in [6.45, 7) is 0.110. The van der Waals surface area contributed by atoms with Gasteiger partial charge in [0.2, 0.25) is 0 Å². The maximum absolute atomic E-state index is 13.3. The molecule has 3 rings (SSSR count). The third-order valence-corrected chi connectivity index (χ3v) is 4.40. The average molecular weight is 402 g/mol. The molecule has 0 saturated heterocycles. The van der Waals surface area contributed by atoms with Crippen molar-refractivity contribution in [2.45, 2.75) is 6.04 Å². The second kappa shape index (κ2) is 8.81. The minimum Gasteiger partial charge on any atom is -0.491 e. The average Bonchev–Trinajstić information content (AvgIpc) is 2.72. The molecule has 1 aliphatic rings. The zero-order valence-corrected chi connectivity index (χ0v) is 15.9. The van der Waals surface area contributed by atoms with Crippen molar-refractivity contribution in [3.63, 3.8) is 0 Å². The molecule has 28 heavy (non-hydrogen) atoms. The maximum Gasteiger partial charge on any atom is 0.338 e. The highest BCUT2D eigenvalue weighted by Crippen LogP contribution is 2.32. The summed E-state index contributed by atoms with van der Waals surface area (Å²) >= 11 is 5.31. The van der Waals surface area contributed by atoms with Crippen LogP contribution in [0.1, 0.15) is 17.2 Å². The van der Waals surface area contributed by atoms with Crippen LogP contribution < -0.4 is 15.4 Å². The smallest absolute Gasteiger partial charge is 0.338 e. The Morgan fingerprint density at radius 3 is 2.46 bits per heavy atom. The number of thiocarbonyl (C=S) groups is 1. The number of hydrogen-bond acceptors (Lipinski definition) is 5. The molecule has 0 aliphatic carbocycles. The monoisotopic (exact) mass is 402 g/mol. The summed E-state index contributed by atoms with van der Waals surface area (Å²) in [5, 5.41) is 15.2. The largest absolute Gasteiger partial charge is 0.491 e. The van der Waals surface area contributed by atoms with Crippen LogP contribution in [0.2, 0.25) is 0 Å². The Hall–Kier alpha value is -2.97. The highest BCUT2D eigenvalue weighted by Gasteiger charge is 2.32. The first-order chi connectivity index (χ1) is 13.5. The standard InChI is InChI=1S/C20H19FN2O4S/c1-26-19(25)16-17(12-2-6-14(21)7-3-12)22-20(28)23-18(16)13-4-8-15(9-5-13)27-11-10-24/h2-9,18,24H,10-11H2,1H3,(H2,22,23,28). The molecule has 6 nitrogen and oxygen atoms in total. The maximum atomic E-state index is 13.3. The van der Waals surface area contributed by atoms with Crippen LogP contribution >= 0.6 is 12.2 Å². The first-order valence-electron chi connectivity index (χ1n) is 8.53. The molecule has 1 unspecified atom stereocenters. The summed E-state index contributed by atoms with van der Waals surface area (Å²) in [6.07, 6.45) is 0. The van der Waals surface area contributed by atoms with Crippen molar-refractivity contribution in [3.05, 3.63) is 71.0 Å². The number of esters is 1. The molecule has 0 aromatic heterocycles. The number of halogens is 1. The van der Waals surface area contributed by atoms with Crippen molar-refractivity contribution in [1.29, 1.82) is 0 Å². The van der Waals surface area contributed by atoms with Crippen molar-refractivity contribution < 1.29 is 23.8 Å². The predicted molar refractivity (Wildman–Crippen MR) is 106 cm³/mol. The van der Waals surface area contributed by atoms with Gasteiger partial charge in [-0.3, -0.25) is 0 Å². The van der Waals surface area contributed by atoms with E-state index >= 15 is 0 Å². The van der Waals surface area contributed by atoms with Gasteiger partial charge in [-0.1, -0.05) is 12.1 Å². The lowest BCUT2D eigenvalue weighted by atomic mass is 9.93. The number of benzene rings is 2. The molecular formula is C20H19FN2O4S. The van der Waals surface area contributed by atoms with E-state index < -0.39 is 12.0 Å². The van der Waals surface area contributed by atoms with E-state index in [1.54, 1.807) is 36.4 Å². The van der Waals surface area contributed by atoms with E-state index in [0.29, 0.717) is 27.7 Å². The molecule has 146 valence electrons. The zero-order valence-electron chi connectivity index (χ0n) is 15.1. The van der Waals surface area contributed by atoms with E-state index in [1.807, 2.05) is 0 Å². The number of ether oxygens (including phenoxy) is 2. The molecule has 3 N–H and O–H groups in total. The SMILES string of the molecule is COC(=O)C1=C(c2ccc(F)cc2)NC(=S)NC1c1ccc(OCCO)cc1. The van der Waals surface area contributed by atoms with Crippen molar-refractivity contribution in [1.82, 2.24) is 10.6 Å². The number of carbonyl (C=O) groups is 1. The third-order valence-electron chi connectivity index (χ3n) is 4.18. The van der Waals surface area contributed by atoms with Gasteiger partial charge in [-0.15, -0.1) is 0 Å². The van der Waals surface area contributed by atoms with Crippen LogP contribution in [0.3, 0.4) is 0 Å². The number of hydrogen-bond donors (Lipinski definition) is 3. The number of aliphatic hydroxyl groups is 1. The number of aliphatic hydroxyl groups excluding tert-OH is 1. The predicted octanol–water partition coefficient (Wildman–Crippen LogP) is 2.30. The quantitative estimate of drug-likeness (QED) is 0.505. The molecule has 8 heteroatoms. The second-order valence-corrected chi connectivity index (χ2v) is 6.37. The Morgan fingerprint density at radius 1 is 1.18 bits per heavy atom. The van der Waals surface area contributed by atoms with Gasteiger partial charge < -0.3 is 25.2 Å². The zero-order chi connectivity index (χ0) is 20.1. The van der Waals surface area contributed by atoms with Gasteiger partial charge in [-0.05, 0) is 59.7 Å². The Balaban J connectivity index is 2.05. The molecule has 2 aromatic carbocycles. The van der Waals surface area contributed by atoms with Crippen LogP contribution in [0.15, 0.2) is 54.1 Å². The Bertz CT molecular complexity index is 897. The van der Waals surface area contributed by atoms with E-state index in [9.17, 15) is 9.18 Å². The van der Waals surface area contributed by atoms with Gasteiger partial charge >= 0.3 is 5.97 Å². The molecule has 2 aromatic rings. The molecule has 0 amide bonds. The van der Waals surface area contributed by atoms with Crippen molar-refractivity contribution in [3.8, 4) is 5.75 Å².